The van der Waals surface area contributed by atoms with Gasteiger partial charge in [0, 0.05) is 41.8 Å². The molecule has 0 aromatic heterocycles. The van der Waals surface area contributed by atoms with Crippen LogP contribution in [0.1, 0.15) is 31.2 Å². The number of rotatable bonds is 3. The first-order valence-electron chi connectivity index (χ1n) is 7.47. The van der Waals surface area contributed by atoms with E-state index in [9.17, 15) is 15.2 Å². The first kappa shape index (κ1) is 14.7. The third-order valence-electron chi connectivity index (χ3n) is 4.48. The molecule has 0 spiro atoms. The molecule has 2 atom stereocenters. The lowest BCUT2D eigenvalue weighted by atomic mass is 9.93. The van der Waals surface area contributed by atoms with Gasteiger partial charge in [-0.15, -0.1) is 0 Å². The SMILES string of the molecule is O=[N+]([O-])c1ccc(O)cc1CN1CCS[C@H]2CCCC[C@@H]21. The Balaban J connectivity index is 1.82. The second kappa shape index (κ2) is 6.23. The topological polar surface area (TPSA) is 66.6 Å². The van der Waals surface area contributed by atoms with Gasteiger partial charge in [0.05, 0.1) is 4.92 Å². The van der Waals surface area contributed by atoms with Gasteiger partial charge in [-0.05, 0) is 25.0 Å². The van der Waals surface area contributed by atoms with Gasteiger partial charge in [0.2, 0.25) is 0 Å². The van der Waals surface area contributed by atoms with Gasteiger partial charge in [-0.2, -0.15) is 11.8 Å². The molecule has 114 valence electrons. The molecule has 1 aliphatic carbocycles. The van der Waals surface area contributed by atoms with E-state index in [-0.39, 0.29) is 16.4 Å². The zero-order chi connectivity index (χ0) is 14.8. The van der Waals surface area contributed by atoms with Crippen LogP contribution < -0.4 is 0 Å². The van der Waals surface area contributed by atoms with Crippen LogP contribution in [0.3, 0.4) is 0 Å². The molecule has 1 heterocycles. The molecule has 1 saturated heterocycles. The molecule has 1 aliphatic heterocycles. The summed E-state index contributed by atoms with van der Waals surface area (Å²) in [6.07, 6.45) is 4.99. The number of nitro benzene ring substituents is 1. The number of fused-ring (bicyclic) bond motifs is 1. The lowest BCUT2D eigenvalue weighted by molar-refractivity contribution is -0.385. The average molecular weight is 308 g/mol. The molecular weight excluding hydrogens is 288 g/mol. The Hall–Kier alpha value is -1.27. The van der Waals surface area contributed by atoms with Gasteiger partial charge in [-0.1, -0.05) is 12.8 Å². The summed E-state index contributed by atoms with van der Waals surface area (Å²) in [5, 5.41) is 21.5. The van der Waals surface area contributed by atoms with Crippen LogP contribution in [0.15, 0.2) is 18.2 Å². The van der Waals surface area contributed by atoms with E-state index in [1.165, 1.54) is 43.9 Å². The predicted octanol–water partition coefficient (Wildman–Crippen LogP) is 3.16. The van der Waals surface area contributed by atoms with Crippen LogP contribution in [-0.2, 0) is 6.54 Å². The molecule has 0 amide bonds. The number of thioether (sulfide) groups is 1. The van der Waals surface area contributed by atoms with Gasteiger partial charge >= 0.3 is 0 Å². The Bertz CT molecular complexity index is 536. The molecule has 1 saturated carbocycles. The van der Waals surface area contributed by atoms with E-state index >= 15 is 0 Å². The molecule has 0 unspecified atom stereocenters. The second-order valence-electron chi connectivity index (χ2n) is 5.80. The standard InChI is InChI=1S/C15H20N2O3S/c18-12-5-6-13(17(19)20)11(9-12)10-16-7-8-21-15-4-2-1-3-14(15)16/h5-6,9,14-15,18H,1-4,7-8,10H2/t14-,15-/m0/s1. The normalized spacial score (nSPS) is 26.3. The summed E-state index contributed by atoms with van der Waals surface area (Å²) in [5.74, 6) is 1.19. The first-order valence-corrected chi connectivity index (χ1v) is 8.52. The number of aromatic hydroxyl groups is 1. The van der Waals surface area contributed by atoms with Crippen molar-refractivity contribution in [1.82, 2.24) is 4.90 Å². The maximum absolute atomic E-state index is 11.2. The highest BCUT2D eigenvalue weighted by Crippen LogP contribution is 2.37. The van der Waals surface area contributed by atoms with Gasteiger partial charge < -0.3 is 5.11 Å². The van der Waals surface area contributed by atoms with E-state index in [1.54, 1.807) is 0 Å². The Morgan fingerprint density at radius 2 is 2.19 bits per heavy atom. The molecule has 0 radical (unpaired) electrons. The van der Waals surface area contributed by atoms with Crippen LogP contribution in [-0.4, -0.2) is 38.5 Å². The van der Waals surface area contributed by atoms with Crippen molar-refractivity contribution in [3.05, 3.63) is 33.9 Å². The van der Waals surface area contributed by atoms with Crippen LogP contribution in [0, 0.1) is 10.1 Å². The van der Waals surface area contributed by atoms with Crippen molar-refractivity contribution in [2.75, 3.05) is 12.3 Å². The highest BCUT2D eigenvalue weighted by Gasteiger charge is 2.34. The third kappa shape index (κ3) is 3.16. The van der Waals surface area contributed by atoms with E-state index < -0.39 is 0 Å². The Kier molecular flexibility index (Phi) is 4.35. The van der Waals surface area contributed by atoms with Crippen LogP contribution in [0.25, 0.3) is 0 Å². The molecule has 1 aromatic carbocycles. The number of nitrogens with zero attached hydrogens (tertiary/aromatic N) is 2. The fourth-order valence-corrected chi connectivity index (χ4v) is 4.97. The molecule has 1 aromatic rings. The van der Waals surface area contributed by atoms with Crippen LogP contribution in [0.5, 0.6) is 5.75 Å². The minimum atomic E-state index is -0.355. The van der Waals surface area contributed by atoms with Crippen LogP contribution >= 0.6 is 11.8 Å². The monoisotopic (exact) mass is 308 g/mol. The summed E-state index contributed by atoms with van der Waals surface area (Å²) in [5.41, 5.74) is 0.731. The minimum Gasteiger partial charge on any atom is -0.508 e. The maximum atomic E-state index is 11.2. The number of hydrogen-bond donors (Lipinski definition) is 1. The second-order valence-corrected chi connectivity index (χ2v) is 7.15. The largest absolute Gasteiger partial charge is 0.508 e. The molecule has 3 rings (SSSR count). The summed E-state index contributed by atoms with van der Waals surface area (Å²) >= 11 is 2.05. The number of hydrogen-bond acceptors (Lipinski definition) is 5. The quantitative estimate of drug-likeness (QED) is 0.686. The first-order chi connectivity index (χ1) is 10.1. The van der Waals surface area contributed by atoms with E-state index in [4.69, 9.17) is 0 Å². The molecule has 21 heavy (non-hydrogen) atoms. The molecule has 1 N–H and O–H groups in total. The van der Waals surface area contributed by atoms with Crippen molar-refractivity contribution in [2.24, 2.45) is 0 Å². The van der Waals surface area contributed by atoms with Crippen LogP contribution in [0.2, 0.25) is 0 Å². The van der Waals surface area contributed by atoms with Gasteiger partial charge in [0.15, 0.2) is 0 Å². The Morgan fingerprint density at radius 3 is 3.00 bits per heavy atom. The molecular formula is C15H20N2O3S. The zero-order valence-corrected chi connectivity index (χ0v) is 12.7. The Morgan fingerprint density at radius 1 is 1.38 bits per heavy atom. The number of phenolic OH excluding ortho intramolecular Hbond substituents is 1. The lowest BCUT2D eigenvalue weighted by Gasteiger charge is -2.43. The number of phenols is 1. The summed E-state index contributed by atoms with van der Waals surface area (Å²) in [4.78, 5) is 13.2. The third-order valence-corrected chi connectivity index (χ3v) is 5.88. The van der Waals surface area contributed by atoms with Gasteiger partial charge in [0.1, 0.15) is 5.75 Å². The summed E-state index contributed by atoms with van der Waals surface area (Å²) in [6, 6.07) is 4.86. The molecule has 2 fully saturated rings. The maximum Gasteiger partial charge on any atom is 0.274 e. The number of nitro groups is 1. The van der Waals surface area contributed by atoms with E-state index in [1.807, 2.05) is 0 Å². The molecule has 6 heteroatoms. The molecule has 5 nitrogen and oxygen atoms in total. The van der Waals surface area contributed by atoms with Gasteiger partial charge in [-0.25, -0.2) is 0 Å². The minimum absolute atomic E-state index is 0.0992. The van der Waals surface area contributed by atoms with E-state index in [0.29, 0.717) is 23.4 Å². The fourth-order valence-electron chi connectivity index (χ4n) is 3.47. The van der Waals surface area contributed by atoms with E-state index in [0.717, 1.165) is 12.3 Å². The molecule has 2 aliphatic rings. The van der Waals surface area contributed by atoms with Crippen molar-refractivity contribution in [3.63, 3.8) is 0 Å². The van der Waals surface area contributed by atoms with Gasteiger partial charge in [0.25, 0.3) is 5.69 Å². The summed E-state index contributed by atoms with van der Waals surface area (Å²) < 4.78 is 0. The smallest absolute Gasteiger partial charge is 0.274 e. The lowest BCUT2D eigenvalue weighted by Crippen LogP contribution is -2.48. The van der Waals surface area contributed by atoms with Crippen LogP contribution in [0.4, 0.5) is 5.69 Å². The fraction of sp³-hybridized carbons (Fsp3) is 0.600. The highest BCUT2D eigenvalue weighted by atomic mass is 32.2. The summed E-state index contributed by atoms with van der Waals surface area (Å²) in [7, 11) is 0. The zero-order valence-electron chi connectivity index (χ0n) is 11.9. The van der Waals surface area contributed by atoms with Crippen molar-refractivity contribution in [2.45, 2.75) is 43.5 Å². The van der Waals surface area contributed by atoms with Crippen molar-refractivity contribution in [1.29, 1.82) is 0 Å². The van der Waals surface area contributed by atoms with Crippen molar-refractivity contribution in [3.8, 4) is 5.75 Å². The Labute approximate surface area is 128 Å². The van der Waals surface area contributed by atoms with Crippen molar-refractivity contribution < 1.29 is 10.0 Å². The molecule has 0 bridgehead atoms. The van der Waals surface area contributed by atoms with Gasteiger partial charge in [-0.3, -0.25) is 15.0 Å². The predicted molar refractivity (Wildman–Crippen MR) is 83.7 cm³/mol. The average Bonchev–Trinajstić information content (AvgIpc) is 2.47. The van der Waals surface area contributed by atoms with Crippen molar-refractivity contribution >= 4 is 17.4 Å². The number of benzene rings is 1. The summed E-state index contributed by atoms with van der Waals surface area (Å²) in [6.45, 7) is 1.53. The van der Waals surface area contributed by atoms with E-state index in [2.05, 4.69) is 16.7 Å². The highest BCUT2D eigenvalue weighted by molar-refractivity contribution is 8.00.